The van der Waals surface area contributed by atoms with E-state index in [2.05, 4.69) is 23.7 Å². The van der Waals surface area contributed by atoms with Crippen molar-refractivity contribution in [2.45, 2.75) is 26.0 Å². The molecule has 0 aliphatic rings. The van der Waals surface area contributed by atoms with Gasteiger partial charge < -0.3 is 10.4 Å². The van der Waals surface area contributed by atoms with Crippen molar-refractivity contribution in [1.29, 1.82) is 0 Å². The molecule has 92 valence electrons. The van der Waals surface area contributed by atoms with Gasteiger partial charge in [-0.2, -0.15) is 0 Å². The molecular formula is C13H17NOS2. The van der Waals surface area contributed by atoms with Crippen molar-refractivity contribution < 1.29 is 5.11 Å². The Morgan fingerprint density at radius 2 is 2.18 bits per heavy atom. The first-order valence-corrected chi connectivity index (χ1v) is 7.54. The van der Waals surface area contributed by atoms with E-state index in [0.717, 1.165) is 17.8 Å². The summed E-state index contributed by atoms with van der Waals surface area (Å²) in [7, 11) is 0. The molecule has 0 aliphatic carbocycles. The Morgan fingerprint density at radius 1 is 1.29 bits per heavy atom. The lowest BCUT2D eigenvalue weighted by molar-refractivity contribution is 0.178. The van der Waals surface area contributed by atoms with Gasteiger partial charge in [-0.1, -0.05) is 13.0 Å². The lowest BCUT2D eigenvalue weighted by Gasteiger charge is -2.10. The third kappa shape index (κ3) is 3.39. The maximum atomic E-state index is 9.92. The van der Waals surface area contributed by atoms with E-state index in [4.69, 9.17) is 0 Å². The van der Waals surface area contributed by atoms with Crippen molar-refractivity contribution in [3.63, 3.8) is 0 Å². The van der Waals surface area contributed by atoms with E-state index >= 15 is 0 Å². The Kier molecular flexibility index (Phi) is 4.74. The molecule has 0 saturated heterocycles. The van der Waals surface area contributed by atoms with E-state index in [1.807, 2.05) is 17.5 Å². The van der Waals surface area contributed by atoms with Crippen molar-refractivity contribution in [3.05, 3.63) is 44.3 Å². The fourth-order valence-corrected chi connectivity index (χ4v) is 3.40. The van der Waals surface area contributed by atoms with E-state index in [-0.39, 0.29) is 6.10 Å². The number of hydrogen-bond acceptors (Lipinski definition) is 4. The monoisotopic (exact) mass is 267 g/mol. The van der Waals surface area contributed by atoms with Gasteiger partial charge in [-0.25, -0.2) is 0 Å². The van der Waals surface area contributed by atoms with Crippen LogP contribution in [0.25, 0.3) is 0 Å². The van der Waals surface area contributed by atoms with Crippen molar-refractivity contribution in [2.75, 3.05) is 6.54 Å². The zero-order chi connectivity index (χ0) is 12.1. The molecule has 2 aromatic heterocycles. The van der Waals surface area contributed by atoms with Crippen LogP contribution in [0.1, 0.15) is 28.3 Å². The van der Waals surface area contributed by atoms with Gasteiger partial charge in [0.25, 0.3) is 0 Å². The highest BCUT2D eigenvalue weighted by Crippen LogP contribution is 2.19. The van der Waals surface area contributed by atoms with Crippen LogP contribution < -0.4 is 5.32 Å². The molecule has 17 heavy (non-hydrogen) atoms. The van der Waals surface area contributed by atoms with Gasteiger partial charge in [-0.3, -0.25) is 0 Å². The van der Waals surface area contributed by atoms with Crippen molar-refractivity contribution in [2.24, 2.45) is 0 Å². The first-order chi connectivity index (χ1) is 8.31. The molecule has 0 aliphatic heterocycles. The minimum absolute atomic E-state index is 0.389. The summed E-state index contributed by atoms with van der Waals surface area (Å²) in [6.45, 7) is 3.64. The number of nitrogens with one attached hydrogen (secondary N) is 1. The summed E-state index contributed by atoms with van der Waals surface area (Å²) in [5.41, 5.74) is 1.41. The van der Waals surface area contributed by atoms with Crippen molar-refractivity contribution in [3.8, 4) is 0 Å². The van der Waals surface area contributed by atoms with E-state index in [1.165, 1.54) is 10.4 Å². The molecule has 0 spiro atoms. The minimum Gasteiger partial charge on any atom is -0.386 e. The average Bonchev–Trinajstić information content (AvgIpc) is 2.99. The third-order valence-corrected chi connectivity index (χ3v) is 4.65. The van der Waals surface area contributed by atoms with Crippen LogP contribution in [0.3, 0.4) is 0 Å². The Hall–Kier alpha value is -0.680. The van der Waals surface area contributed by atoms with Gasteiger partial charge in [0.05, 0.1) is 0 Å². The largest absolute Gasteiger partial charge is 0.386 e. The molecule has 0 bridgehead atoms. The maximum Gasteiger partial charge on any atom is 0.101 e. The van der Waals surface area contributed by atoms with Crippen LogP contribution in [0.2, 0.25) is 0 Å². The molecule has 0 fully saturated rings. The van der Waals surface area contributed by atoms with Crippen LogP contribution in [0.15, 0.2) is 29.0 Å². The first-order valence-electron chi connectivity index (χ1n) is 5.78. The summed E-state index contributed by atoms with van der Waals surface area (Å²) in [6, 6.07) is 6.12. The Labute approximate surface area is 110 Å². The SMILES string of the molecule is CCc1ccsc1CNCC(O)c1cccs1. The number of aliphatic hydroxyl groups excluding tert-OH is 1. The normalized spacial score (nSPS) is 12.8. The summed E-state index contributed by atoms with van der Waals surface area (Å²) >= 11 is 3.38. The Bertz CT molecular complexity index is 436. The van der Waals surface area contributed by atoms with E-state index < -0.39 is 0 Å². The lowest BCUT2D eigenvalue weighted by Crippen LogP contribution is -2.20. The Balaban J connectivity index is 1.80. The molecule has 2 heterocycles. The predicted octanol–water partition coefficient (Wildman–Crippen LogP) is 3.20. The summed E-state index contributed by atoms with van der Waals surface area (Å²) in [5.74, 6) is 0. The first kappa shape index (κ1) is 12.8. The second-order valence-electron chi connectivity index (χ2n) is 3.88. The van der Waals surface area contributed by atoms with Crippen LogP contribution in [0.4, 0.5) is 0 Å². The topological polar surface area (TPSA) is 32.3 Å². The van der Waals surface area contributed by atoms with Crippen LogP contribution in [-0.4, -0.2) is 11.7 Å². The van der Waals surface area contributed by atoms with E-state index in [9.17, 15) is 5.11 Å². The number of aliphatic hydroxyl groups is 1. The number of rotatable bonds is 6. The van der Waals surface area contributed by atoms with Crippen LogP contribution >= 0.6 is 22.7 Å². The summed E-state index contributed by atoms with van der Waals surface area (Å²) in [6.07, 6.45) is 0.689. The number of thiophene rings is 2. The quantitative estimate of drug-likeness (QED) is 0.842. The number of aryl methyl sites for hydroxylation is 1. The van der Waals surface area contributed by atoms with E-state index in [1.54, 1.807) is 22.7 Å². The fourth-order valence-electron chi connectivity index (χ4n) is 1.74. The fraction of sp³-hybridized carbons (Fsp3) is 0.385. The standard InChI is InChI=1S/C13H17NOS2/c1-2-10-5-7-17-13(10)9-14-8-11(15)12-4-3-6-16-12/h3-7,11,14-15H,2,8-9H2,1H3. The minimum atomic E-state index is -0.389. The van der Waals surface area contributed by atoms with Gasteiger partial charge in [0.1, 0.15) is 6.10 Å². The van der Waals surface area contributed by atoms with Gasteiger partial charge in [-0.15, -0.1) is 22.7 Å². The summed E-state index contributed by atoms with van der Waals surface area (Å²) in [4.78, 5) is 2.41. The van der Waals surface area contributed by atoms with Crippen molar-refractivity contribution in [1.82, 2.24) is 5.32 Å². The molecule has 2 N–H and O–H groups in total. The molecule has 2 nitrogen and oxygen atoms in total. The highest BCUT2D eigenvalue weighted by Gasteiger charge is 2.08. The second kappa shape index (κ2) is 6.31. The van der Waals surface area contributed by atoms with Gasteiger partial charge in [0.2, 0.25) is 0 Å². The zero-order valence-corrected chi connectivity index (χ0v) is 11.5. The molecule has 0 amide bonds. The highest BCUT2D eigenvalue weighted by atomic mass is 32.1. The van der Waals surface area contributed by atoms with Crippen LogP contribution in [-0.2, 0) is 13.0 Å². The average molecular weight is 267 g/mol. The lowest BCUT2D eigenvalue weighted by atomic mass is 10.2. The Morgan fingerprint density at radius 3 is 2.88 bits per heavy atom. The predicted molar refractivity (Wildman–Crippen MR) is 74.7 cm³/mol. The molecular weight excluding hydrogens is 250 g/mol. The van der Waals surface area contributed by atoms with E-state index in [0.29, 0.717) is 6.54 Å². The smallest absolute Gasteiger partial charge is 0.101 e. The molecule has 1 atom stereocenters. The van der Waals surface area contributed by atoms with Crippen LogP contribution in [0.5, 0.6) is 0 Å². The van der Waals surface area contributed by atoms with Gasteiger partial charge in [0.15, 0.2) is 0 Å². The molecule has 2 aromatic rings. The molecule has 2 rings (SSSR count). The van der Waals surface area contributed by atoms with Gasteiger partial charge in [-0.05, 0) is 34.9 Å². The van der Waals surface area contributed by atoms with Gasteiger partial charge in [0, 0.05) is 22.8 Å². The summed E-state index contributed by atoms with van der Waals surface area (Å²) < 4.78 is 0. The molecule has 0 saturated carbocycles. The zero-order valence-electron chi connectivity index (χ0n) is 9.85. The molecule has 0 radical (unpaired) electrons. The summed E-state index contributed by atoms with van der Waals surface area (Å²) in [5, 5.41) is 17.4. The molecule has 4 heteroatoms. The molecule has 0 aromatic carbocycles. The number of hydrogen-bond donors (Lipinski definition) is 2. The van der Waals surface area contributed by atoms with Crippen molar-refractivity contribution >= 4 is 22.7 Å². The third-order valence-electron chi connectivity index (χ3n) is 2.71. The second-order valence-corrected chi connectivity index (χ2v) is 5.86. The van der Waals surface area contributed by atoms with Gasteiger partial charge >= 0.3 is 0 Å². The van der Waals surface area contributed by atoms with Crippen LogP contribution in [0, 0.1) is 0 Å². The molecule has 1 unspecified atom stereocenters. The highest BCUT2D eigenvalue weighted by molar-refractivity contribution is 7.10. The maximum absolute atomic E-state index is 9.92.